The van der Waals surface area contributed by atoms with Crippen LogP contribution in [0.2, 0.25) is 0 Å². The zero-order valence-corrected chi connectivity index (χ0v) is 18.3. The number of anilines is 1. The molecule has 0 radical (unpaired) electrons. The molecule has 0 atom stereocenters. The summed E-state index contributed by atoms with van der Waals surface area (Å²) in [6.07, 6.45) is 0.0350. The number of hydrogen-bond donors (Lipinski definition) is 1. The molecule has 4 aromatic rings. The number of nitrogens with zero attached hydrogens (tertiary/aromatic N) is 2. The molecule has 0 unspecified atom stereocenters. The summed E-state index contributed by atoms with van der Waals surface area (Å²) in [7, 11) is 1.33. The molecule has 0 saturated carbocycles. The fraction of sp³-hybridized carbons (Fsp3) is 0.167. The number of thiazole rings is 1. The lowest BCUT2D eigenvalue weighted by atomic mass is 10.1. The Bertz CT molecular complexity index is 1290. The molecular formula is C24H19F3N2O3S. The largest absolute Gasteiger partial charge is 0.497 e. The first-order chi connectivity index (χ1) is 15.9. The number of carboxylic acids is 1. The van der Waals surface area contributed by atoms with E-state index in [1.54, 1.807) is 29.2 Å². The Kier molecular flexibility index (Phi) is 6.50. The third-order valence-electron chi connectivity index (χ3n) is 5.18. The number of fused-ring (bicyclic) bond motifs is 1. The molecule has 0 fully saturated rings. The Morgan fingerprint density at radius 3 is 2.36 bits per heavy atom. The fourth-order valence-electron chi connectivity index (χ4n) is 3.44. The van der Waals surface area contributed by atoms with E-state index in [1.807, 2.05) is 0 Å². The quantitative estimate of drug-likeness (QED) is 0.358. The van der Waals surface area contributed by atoms with Gasteiger partial charge in [-0.25, -0.2) is 22.9 Å². The first-order valence-electron chi connectivity index (χ1n) is 10.00. The van der Waals surface area contributed by atoms with E-state index >= 15 is 0 Å². The minimum Gasteiger partial charge on any atom is -0.497 e. The second kappa shape index (κ2) is 9.50. The SMILES string of the molecule is COc1cc(F)c(CCN(Cc2ccc(C(=O)O)cc2)c2nc3cccc(F)c3s2)c(F)c1. The summed E-state index contributed by atoms with van der Waals surface area (Å²) in [5.74, 6) is -2.77. The van der Waals surface area contributed by atoms with E-state index in [-0.39, 0.29) is 29.8 Å². The van der Waals surface area contributed by atoms with Crippen LogP contribution in [0.4, 0.5) is 18.3 Å². The number of aromatic nitrogens is 1. The summed E-state index contributed by atoms with van der Waals surface area (Å²) in [5.41, 5.74) is 1.32. The second-order valence-electron chi connectivity index (χ2n) is 7.33. The lowest BCUT2D eigenvalue weighted by Gasteiger charge is -2.22. The van der Waals surface area contributed by atoms with Crippen molar-refractivity contribution >= 4 is 32.7 Å². The number of benzene rings is 3. The van der Waals surface area contributed by atoms with E-state index in [9.17, 15) is 18.0 Å². The van der Waals surface area contributed by atoms with Crippen LogP contribution in [-0.2, 0) is 13.0 Å². The van der Waals surface area contributed by atoms with E-state index in [4.69, 9.17) is 9.84 Å². The summed E-state index contributed by atoms with van der Waals surface area (Å²) >= 11 is 1.15. The summed E-state index contributed by atoms with van der Waals surface area (Å²) in [6, 6.07) is 13.2. The third kappa shape index (κ3) is 4.93. The highest BCUT2D eigenvalue weighted by Gasteiger charge is 2.18. The number of methoxy groups -OCH3 is 1. The second-order valence-corrected chi connectivity index (χ2v) is 8.31. The molecule has 0 saturated heterocycles. The molecule has 33 heavy (non-hydrogen) atoms. The third-order valence-corrected chi connectivity index (χ3v) is 6.32. The summed E-state index contributed by atoms with van der Waals surface area (Å²) in [6.45, 7) is 0.489. The Labute approximate surface area is 191 Å². The molecule has 5 nitrogen and oxygen atoms in total. The van der Waals surface area contributed by atoms with Gasteiger partial charge in [-0.3, -0.25) is 0 Å². The Balaban J connectivity index is 1.65. The van der Waals surface area contributed by atoms with E-state index in [0.29, 0.717) is 21.9 Å². The topological polar surface area (TPSA) is 62.7 Å². The van der Waals surface area contributed by atoms with Crippen molar-refractivity contribution < 1.29 is 27.8 Å². The van der Waals surface area contributed by atoms with Crippen molar-refractivity contribution in [2.24, 2.45) is 0 Å². The maximum atomic E-state index is 14.5. The van der Waals surface area contributed by atoms with E-state index < -0.39 is 23.4 Å². The van der Waals surface area contributed by atoms with E-state index in [0.717, 1.165) is 29.0 Å². The molecular weight excluding hydrogens is 453 g/mol. The highest BCUT2D eigenvalue weighted by molar-refractivity contribution is 7.22. The van der Waals surface area contributed by atoms with Crippen LogP contribution in [-0.4, -0.2) is 29.7 Å². The molecule has 0 aliphatic rings. The first-order valence-corrected chi connectivity index (χ1v) is 10.8. The lowest BCUT2D eigenvalue weighted by molar-refractivity contribution is 0.0697. The van der Waals surface area contributed by atoms with Gasteiger partial charge in [-0.15, -0.1) is 0 Å². The van der Waals surface area contributed by atoms with Crippen molar-refractivity contribution in [3.8, 4) is 5.75 Å². The van der Waals surface area contributed by atoms with Gasteiger partial charge in [-0.05, 0) is 36.2 Å². The Hall–Kier alpha value is -3.59. The van der Waals surface area contributed by atoms with Gasteiger partial charge in [0.15, 0.2) is 5.13 Å². The van der Waals surface area contributed by atoms with Crippen LogP contribution < -0.4 is 9.64 Å². The number of hydrogen-bond acceptors (Lipinski definition) is 5. The van der Waals surface area contributed by atoms with Gasteiger partial charge in [0.25, 0.3) is 0 Å². The van der Waals surface area contributed by atoms with Gasteiger partial charge in [0.05, 0.1) is 22.9 Å². The van der Waals surface area contributed by atoms with Gasteiger partial charge in [-0.1, -0.05) is 29.5 Å². The normalized spacial score (nSPS) is 11.0. The monoisotopic (exact) mass is 472 g/mol. The lowest BCUT2D eigenvalue weighted by Crippen LogP contribution is -2.25. The minimum atomic E-state index is -1.04. The number of ether oxygens (including phenoxy) is 1. The van der Waals surface area contributed by atoms with Gasteiger partial charge < -0.3 is 14.7 Å². The maximum Gasteiger partial charge on any atom is 0.335 e. The van der Waals surface area contributed by atoms with Crippen molar-refractivity contribution in [3.05, 3.63) is 88.7 Å². The highest BCUT2D eigenvalue weighted by Crippen LogP contribution is 2.32. The highest BCUT2D eigenvalue weighted by atomic mass is 32.1. The predicted molar refractivity (Wildman–Crippen MR) is 121 cm³/mol. The maximum absolute atomic E-state index is 14.5. The molecule has 9 heteroatoms. The van der Waals surface area contributed by atoms with Gasteiger partial charge >= 0.3 is 5.97 Å². The zero-order chi connectivity index (χ0) is 23.5. The summed E-state index contributed by atoms with van der Waals surface area (Å²) in [4.78, 5) is 17.4. The average molecular weight is 472 g/mol. The molecule has 0 aliphatic heterocycles. The van der Waals surface area contributed by atoms with Crippen LogP contribution in [0.5, 0.6) is 5.75 Å². The van der Waals surface area contributed by atoms with Crippen molar-refractivity contribution in [2.45, 2.75) is 13.0 Å². The molecule has 1 heterocycles. The molecule has 0 spiro atoms. The van der Waals surface area contributed by atoms with Gasteiger partial charge in [0, 0.05) is 30.8 Å². The van der Waals surface area contributed by atoms with Gasteiger partial charge in [-0.2, -0.15) is 0 Å². The number of rotatable bonds is 8. The summed E-state index contributed by atoms with van der Waals surface area (Å²) < 4.78 is 48.4. The van der Waals surface area contributed by atoms with Gasteiger partial charge in [0.1, 0.15) is 23.2 Å². The molecule has 0 bridgehead atoms. The van der Waals surface area contributed by atoms with Crippen LogP contribution >= 0.6 is 11.3 Å². The smallest absolute Gasteiger partial charge is 0.335 e. The standard InChI is InChI=1S/C24H19F3N2O3S/c1-32-16-11-19(26)17(20(27)12-16)9-10-29(13-14-5-7-15(8-6-14)23(30)31)24-28-21-4-2-3-18(25)22(21)33-24/h2-8,11-12H,9-10,13H2,1H3,(H,30,31). The van der Waals surface area contributed by atoms with Crippen LogP contribution in [0, 0.1) is 17.5 Å². The minimum absolute atomic E-state index is 0.0350. The number of carboxylic acid groups (broad SMARTS) is 1. The van der Waals surface area contributed by atoms with Crippen molar-refractivity contribution in [1.29, 1.82) is 0 Å². The molecule has 4 rings (SSSR count). The van der Waals surface area contributed by atoms with Crippen LogP contribution in [0.15, 0.2) is 54.6 Å². The van der Waals surface area contributed by atoms with Crippen molar-refractivity contribution in [3.63, 3.8) is 0 Å². The molecule has 1 N–H and O–H groups in total. The van der Waals surface area contributed by atoms with Crippen LogP contribution in [0.3, 0.4) is 0 Å². The first kappa shape index (κ1) is 22.6. The van der Waals surface area contributed by atoms with Crippen LogP contribution in [0.25, 0.3) is 10.2 Å². The predicted octanol–water partition coefficient (Wildman–Crippen LogP) is 5.67. The summed E-state index contributed by atoms with van der Waals surface area (Å²) in [5, 5.41) is 9.60. The molecule has 3 aromatic carbocycles. The molecule has 0 amide bonds. The fourth-order valence-corrected chi connectivity index (χ4v) is 4.43. The molecule has 170 valence electrons. The molecule has 0 aliphatic carbocycles. The van der Waals surface area contributed by atoms with E-state index in [2.05, 4.69) is 4.98 Å². The number of carbonyl (C=O) groups is 1. The molecule has 1 aromatic heterocycles. The number of halogens is 3. The average Bonchev–Trinajstić information content (AvgIpc) is 3.23. The van der Waals surface area contributed by atoms with Gasteiger partial charge in [0.2, 0.25) is 0 Å². The van der Waals surface area contributed by atoms with Crippen molar-refractivity contribution in [2.75, 3.05) is 18.6 Å². The zero-order valence-electron chi connectivity index (χ0n) is 17.5. The van der Waals surface area contributed by atoms with Crippen molar-refractivity contribution in [1.82, 2.24) is 4.98 Å². The van der Waals surface area contributed by atoms with E-state index in [1.165, 1.54) is 25.3 Å². The van der Waals surface area contributed by atoms with Crippen LogP contribution in [0.1, 0.15) is 21.5 Å². The Morgan fingerprint density at radius 1 is 1.06 bits per heavy atom. The number of aromatic carboxylic acids is 1. The Morgan fingerprint density at radius 2 is 1.76 bits per heavy atom.